The number of benzene rings is 1. The molecule has 0 atom stereocenters. The maximum atomic E-state index is 12.4. The summed E-state index contributed by atoms with van der Waals surface area (Å²) in [6, 6.07) is 9.35. The Morgan fingerprint density at radius 3 is 2.08 bits per heavy atom. The van der Waals surface area contributed by atoms with Crippen molar-refractivity contribution in [2.75, 3.05) is 13.1 Å². The smallest absolute Gasteiger partial charge is 0.228 e. The molecule has 1 heterocycles. The molecule has 1 saturated carbocycles. The van der Waals surface area contributed by atoms with E-state index < -0.39 is 5.41 Å². The van der Waals surface area contributed by atoms with Gasteiger partial charge in [0.2, 0.25) is 5.91 Å². The molecule has 3 rings (SSSR count). The second kappa shape index (κ2) is 6.51. The molecule has 132 valence electrons. The lowest BCUT2D eigenvalue weighted by atomic mass is 9.71. The summed E-state index contributed by atoms with van der Waals surface area (Å²) in [5.41, 5.74) is 7.95. The zero-order valence-corrected chi connectivity index (χ0v) is 15.5. The van der Waals surface area contributed by atoms with E-state index >= 15 is 0 Å². The van der Waals surface area contributed by atoms with E-state index in [1.807, 2.05) is 0 Å². The Morgan fingerprint density at radius 1 is 1.08 bits per heavy atom. The largest absolute Gasteiger partial charge is 0.369 e. The Labute approximate surface area is 146 Å². The highest BCUT2D eigenvalue weighted by Crippen LogP contribution is 2.38. The number of nitrogens with zero attached hydrogens (tertiary/aromatic N) is 1. The summed E-state index contributed by atoms with van der Waals surface area (Å²) in [6.07, 6.45) is 7.07. The average molecular weight is 329 g/mol. The van der Waals surface area contributed by atoms with Crippen LogP contribution in [0.3, 0.4) is 0 Å². The Morgan fingerprint density at radius 2 is 1.62 bits per heavy atom. The fourth-order valence-electron chi connectivity index (χ4n) is 4.51. The van der Waals surface area contributed by atoms with Crippen molar-refractivity contribution in [3.05, 3.63) is 35.4 Å². The average Bonchev–Trinajstić information content (AvgIpc) is 3.08. The Balaban J connectivity index is 1.79. The summed E-state index contributed by atoms with van der Waals surface area (Å²) in [7, 11) is 0. The van der Waals surface area contributed by atoms with Crippen LogP contribution >= 0.6 is 0 Å². The van der Waals surface area contributed by atoms with Crippen LogP contribution in [0, 0.1) is 0 Å². The van der Waals surface area contributed by atoms with Crippen LogP contribution in [-0.2, 0) is 15.6 Å². The third kappa shape index (κ3) is 3.23. The van der Waals surface area contributed by atoms with Crippen molar-refractivity contribution >= 4 is 5.91 Å². The van der Waals surface area contributed by atoms with Crippen LogP contribution in [0.25, 0.3) is 0 Å². The normalized spacial score (nSPS) is 22.6. The molecule has 0 aromatic heterocycles. The van der Waals surface area contributed by atoms with Crippen LogP contribution in [0.5, 0.6) is 0 Å². The predicted octanol–water partition coefficient (Wildman–Crippen LogP) is 3.75. The number of carbonyl (C=O) groups is 1. The van der Waals surface area contributed by atoms with Gasteiger partial charge in [0.15, 0.2) is 0 Å². The molecule has 1 amide bonds. The highest BCUT2D eigenvalue weighted by atomic mass is 16.1. The van der Waals surface area contributed by atoms with Gasteiger partial charge in [0.25, 0.3) is 0 Å². The standard InChI is InChI=1S/C21H32N2O/c1-20(2,3)16-8-10-17(11-9-16)21(19(22)24)12-14-23(15-13-21)18-6-4-5-7-18/h8-11,18H,4-7,12-15H2,1-3H3,(H2,22,24). The maximum absolute atomic E-state index is 12.4. The summed E-state index contributed by atoms with van der Waals surface area (Å²) in [4.78, 5) is 15.0. The van der Waals surface area contributed by atoms with Crippen LogP contribution in [0.15, 0.2) is 24.3 Å². The molecule has 1 aliphatic heterocycles. The SMILES string of the molecule is CC(C)(C)c1ccc(C2(C(N)=O)CCN(C3CCCC3)CC2)cc1. The van der Waals surface area contributed by atoms with Crippen LogP contribution in [0.1, 0.15) is 70.4 Å². The first-order valence-corrected chi connectivity index (χ1v) is 9.48. The lowest BCUT2D eigenvalue weighted by Crippen LogP contribution is -2.52. The number of likely N-dealkylation sites (tertiary alicyclic amines) is 1. The van der Waals surface area contributed by atoms with Gasteiger partial charge < -0.3 is 10.6 Å². The van der Waals surface area contributed by atoms with E-state index in [2.05, 4.69) is 49.9 Å². The van der Waals surface area contributed by atoms with Crippen LogP contribution < -0.4 is 5.73 Å². The number of rotatable bonds is 3. The minimum atomic E-state index is -0.481. The number of piperidine rings is 1. The molecule has 2 fully saturated rings. The lowest BCUT2D eigenvalue weighted by Gasteiger charge is -2.42. The van der Waals surface area contributed by atoms with E-state index in [4.69, 9.17) is 5.73 Å². The Bertz CT molecular complexity index is 571. The molecule has 2 N–H and O–H groups in total. The zero-order valence-electron chi connectivity index (χ0n) is 15.5. The number of carbonyl (C=O) groups excluding carboxylic acids is 1. The van der Waals surface area contributed by atoms with Gasteiger partial charge in [-0.1, -0.05) is 57.9 Å². The van der Waals surface area contributed by atoms with E-state index in [-0.39, 0.29) is 11.3 Å². The van der Waals surface area contributed by atoms with Gasteiger partial charge in [-0.25, -0.2) is 0 Å². The van der Waals surface area contributed by atoms with E-state index in [0.29, 0.717) is 0 Å². The summed E-state index contributed by atoms with van der Waals surface area (Å²) < 4.78 is 0. The van der Waals surface area contributed by atoms with Gasteiger partial charge in [-0.2, -0.15) is 0 Å². The molecule has 3 heteroatoms. The molecule has 1 saturated heterocycles. The van der Waals surface area contributed by atoms with Crippen molar-refractivity contribution in [1.82, 2.24) is 4.90 Å². The molecule has 0 bridgehead atoms. The minimum Gasteiger partial charge on any atom is -0.369 e. The fourth-order valence-corrected chi connectivity index (χ4v) is 4.51. The van der Waals surface area contributed by atoms with Crippen molar-refractivity contribution in [3.8, 4) is 0 Å². The number of nitrogens with two attached hydrogens (primary N) is 1. The van der Waals surface area contributed by atoms with Crippen LogP contribution in [0.2, 0.25) is 0 Å². The highest BCUT2D eigenvalue weighted by Gasteiger charge is 2.42. The second-order valence-corrected chi connectivity index (χ2v) is 8.75. The lowest BCUT2D eigenvalue weighted by molar-refractivity contribution is -0.125. The second-order valence-electron chi connectivity index (χ2n) is 8.75. The number of hydrogen-bond donors (Lipinski definition) is 1. The minimum absolute atomic E-state index is 0.129. The summed E-state index contributed by atoms with van der Waals surface area (Å²) in [5, 5.41) is 0. The molecule has 0 radical (unpaired) electrons. The third-order valence-electron chi connectivity index (χ3n) is 6.27. The third-order valence-corrected chi connectivity index (χ3v) is 6.27. The molecule has 2 aliphatic rings. The molecule has 3 nitrogen and oxygen atoms in total. The van der Waals surface area contributed by atoms with Gasteiger partial charge in [0.05, 0.1) is 5.41 Å². The summed E-state index contributed by atoms with van der Waals surface area (Å²) in [5.74, 6) is -0.155. The van der Waals surface area contributed by atoms with Crippen molar-refractivity contribution in [2.45, 2.75) is 76.2 Å². The monoisotopic (exact) mass is 328 g/mol. The molecule has 0 unspecified atom stereocenters. The molecule has 1 aromatic rings. The molecule has 24 heavy (non-hydrogen) atoms. The Hall–Kier alpha value is -1.35. The first kappa shape index (κ1) is 17.5. The summed E-state index contributed by atoms with van der Waals surface area (Å²) in [6.45, 7) is 8.63. The molecule has 1 aromatic carbocycles. The zero-order chi connectivity index (χ0) is 17.4. The summed E-state index contributed by atoms with van der Waals surface area (Å²) >= 11 is 0. The first-order chi connectivity index (χ1) is 11.3. The van der Waals surface area contributed by atoms with E-state index in [0.717, 1.165) is 37.5 Å². The van der Waals surface area contributed by atoms with Gasteiger partial charge in [0.1, 0.15) is 0 Å². The number of hydrogen-bond acceptors (Lipinski definition) is 2. The van der Waals surface area contributed by atoms with Gasteiger partial charge >= 0.3 is 0 Å². The van der Waals surface area contributed by atoms with Crippen molar-refractivity contribution in [3.63, 3.8) is 0 Å². The molecular weight excluding hydrogens is 296 g/mol. The molecular formula is C21H32N2O. The maximum Gasteiger partial charge on any atom is 0.228 e. The van der Waals surface area contributed by atoms with Gasteiger partial charge in [-0.15, -0.1) is 0 Å². The molecule has 1 aliphatic carbocycles. The molecule has 0 spiro atoms. The van der Waals surface area contributed by atoms with E-state index in [9.17, 15) is 4.79 Å². The van der Waals surface area contributed by atoms with Crippen LogP contribution in [0.4, 0.5) is 0 Å². The van der Waals surface area contributed by atoms with Crippen molar-refractivity contribution < 1.29 is 4.79 Å². The number of amides is 1. The van der Waals surface area contributed by atoms with Crippen LogP contribution in [-0.4, -0.2) is 29.9 Å². The quantitative estimate of drug-likeness (QED) is 0.918. The van der Waals surface area contributed by atoms with Gasteiger partial charge in [-0.05, 0) is 55.3 Å². The Kier molecular flexibility index (Phi) is 4.74. The first-order valence-electron chi connectivity index (χ1n) is 9.48. The highest BCUT2D eigenvalue weighted by molar-refractivity contribution is 5.87. The van der Waals surface area contributed by atoms with E-state index in [1.54, 1.807) is 0 Å². The van der Waals surface area contributed by atoms with Crippen molar-refractivity contribution in [2.24, 2.45) is 5.73 Å². The predicted molar refractivity (Wildman–Crippen MR) is 99.1 cm³/mol. The fraction of sp³-hybridized carbons (Fsp3) is 0.667. The number of primary amides is 1. The van der Waals surface area contributed by atoms with Gasteiger partial charge in [0, 0.05) is 6.04 Å². The van der Waals surface area contributed by atoms with E-state index in [1.165, 1.54) is 31.2 Å². The van der Waals surface area contributed by atoms with Crippen molar-refractivity contribution in [1.29, 1.82) is 0 Å². The topological polar surface area (TPSA) is 46.3 Å². The van der Waals surface area contributed by atoms with Gasteiger partial charge in [-0.3, -0.25) is 4.79 Å².